The van der Waals surface area contributed by atoms with Crippen LogP contribution in [0.4, 0.5) is 0 Å². The standard InChI is InChI=1S/C14H22N4O3/c1-2-16-13(19)10-17-5-7-18(8-6-17)14(20)12-4-3-11(9-15)21-12/h3-4H,2,5-10,15H2,1H3,(H,16,19). The van der Waals surface area contributed by atoms with Crippen LogP contribution >= 0.6 is 0 Å². The highest BCUT2D eigenvalue weighted by Crippen LogP contribution is 2.12. The summed E-state index contributed by atoms with van der Waals surface area (Å²) >= 11 is 0. The Labute approximate surface area is 124 Å². The third-order valence-electron chi connectivity index (χ3n) is 3.47. The molecule has 2 amide bonds. The van der Waals surface area contributed by atoms with Gasteiger partial charge in [0.25, 0.3) is 5.91 Å². The molecular weight excluding hydrogens is 272 g/mol. The molecule has 7 heteroatoms. The molecule has 0 radical (unpaired) electrons. The van der Waals surface area contributed by atoms with Crippen LogP contribution in [-0.4, -0.2) is 60.9 Å². The minimum atomic E-state index is -0.118. The van der Waals surface area contributed by atoms with E-state index >= 15 is 0 Å². The Kier molecular flexibility index (Phi) is 5.35. The van der Waals surface area contributed by atoms with E-state index in [1.54, 1.807) is 17.0 Å². The molecule has 1 fully saturated rings. The molecule has 0 unspecified atom stereocenters. The number of hydrogen-bond donors (Lipinski definition) is 2. The molecule has 0 aromatic carbocycles. The maximum absolute atomic E-state index is 12.3. The average molecular weight is 294 g/mol. The van der Waals surface area contributed by atoms with Crippen molar-refractivity contribution in [1.29, 1.82) is 0 Å². The Morgan fingerprint density at radius 2 is 2.00 bits per heavy atom. The van der Waals surface area contributed by atoms with Crippen LogP contribution in [0, 0.1) is 0 Å². The Hall–Kier alpha value is -1.86. The van der Waals surface area contributed by atoms with E-state index in [2.05, 4.69) is 5.32 Å². The second-order valence-electron chi connectivity index (χ2n) is 4.99. The molecule has 2 rings (SSSR count). The van der Waals surface area contributed by atoms with E-state index in [0.29, 0.717) is 50.8 Å². The van der Waals surface area contributed by atoms with Crippen LogP contribution in [0.5, 0.6) is 0 Å². The van der Waals surface area contributed by atoms with Gasteiger partial charge < -0.3 is 20.4 Å². The molecule has 1 aromatic rings. The van der Waals surface area contributed by atoms with Crippen LogP contribution < -0.4 is 11.1 Å². The van der Waals surface area contributed by atoms with Crippen molar-refractivity contribution in [2.45, 2.75) is 13.5 Å². The van der Waals surface area contributed by atoms with Crippen molar-refractivity contribution < 1.29 is 14.0 Å². The van der Waals surface area contributed by atoms with Gasteiger partial charge in [-0.3, -0.25) is 14.5 Å². The zero-order valence-electron chi connectivity index (χ0n) is 12.3. The quantitative estimate of drug-likeness (QED) is 0.773. The summed E-state index contributed by atoms with van der Waals surface area (Å²) in [7, 11) is 0. The molecule has 1 saturated heterocycles. The van der Waals surface area contributed by atoms with Crippen molar-refractivity contribution in [2.24, 2.45) is 5.73 Å². The third kappa shape index (κ3) is 4.05. The molecule has 21 heavy (non-hydrogen) atoms. The number of likely N-dealkylation sites (N-methyl/N-ethyl adjacent to an activating group) is 1. The van der Waals surface area contributed by atoms with E-state index in [1.165, 1.54) is 0 Å². The summed E-state index contributed by atoms with van der Waals surface area (Å²) < 4.78 is 5.38. The number of nitrogens with two attached hydrogens (primary N) is 1. The molecule has 116 valence electrons. The minimum absolute atomic E-state index is 0.0240. The highest BCUT2D eigenvalue weighted by molar-refractivity contribution is 5.91. The van der Waals surface area contributed by atoms with Crippen LogP contribution in [0.2, 0.25) is 0 Å². The molecule has 3 N–H and O–H groups in total. The molecule has 1 aliphatic heterocycles. The number of nitrogens with one attached hydrogen (secondary N) is 1. The van der Waals surface area contributed by atoms with Gasteiger partial charge in [-0.1, -0.05) is 0 Å². The molecule has 0 atom stereocenters. The summed E-state index contributed by atoms with van der Waals surface area (Å²) in [6.07, 6.45) is 0. The Morgan fingerprint density at radius 3 is 2.57 bits per heavy atom. The summed E-state index contributed by atoms with van der Waals surface area (Å²) in [4.78, 5) is 27.6. The van der Waals surface area contributed by atoms with Gasteiger partial charge in [0, 0.05) is 32.7 Å². The van der Waals surface area contributed by atoms with Gasteiger partial charge >= 0.3 is 0 Å². The lowest BCUT2D eigenvalue weighted by Gasteiger charge is -2.33. The Balaban J connectivity index is 1.83. The van der Waals surface area contributed by atoms with E-state index in [9.17, 15) is 9.59 Å². The van der Waals surface area contributed by atoms with Crippen molar-refractivity contribution in [3.63, 3.8) is 0 Å². The first-order valence-electron chi connectivity index (χ1n) is 7.21. The highest BCUT2D eigenvalue weighted by atomic mass is 16.4. The number of hydrogen-bond acceptors (Lipinski definition) is 5. The average Bonchev–Trinajstić information content (AvgIpc) is 2.96. The first-order valence-corrected chi connectivity index (χ1v) is 7.21. The van der Waals surface area contributed by atoms with Crippen LogP contribution in [0.25, 0.3) is 0 Å². The van der Waals surface area contributed by atoms with Gasteiger partial charge in [-0.2, -0.15) is 0 Å². The van der Waals surface area contributed by atoms with Crippen molar-refractivity contribution >= 4 is 11.8 Å². The smallest absolute Gasteiger partial charge is 0.289 e. The van der Waals surface area contributed by atoms with Crippen LogP contribution in [0.3, 0.4) is 0 Å². The summed E-state index contributed by atoms with van der Waals surface area (Å²) in [5.41, 5.74) is 5.47. The topological polar surface area (TPSA) is 91.8 Å². The summed E-state index contributed by atoms with van der Waals surface area (Å²) in [6, 6.07) is 3.38. The maximum Gasteiger partial charge on any atom is 0.289 e. The number of furan rings is 1. The zero-order valence-corrected chi connectivity index (χ0v) is 12.3. The SMILES string of the molecule is CCNC(=O)CN1CCN(C(=O)c2ccc(CN)o2)CC1. The van der Waals surface area contributed by atoms with E-state index in [0.717, 1.165) is 0 Å². The lowest BCUT2D eigenvalue weighted by molar-refractivity contribution is -0.122. The van der Waals surface area contributed by atoms with Crippen LogP contribution in [0.1, 0.15) is 23.2 Å². The van der Waals surface area contributed by atoms with Gasteiger partial charge in [-0.25, -0.2) is 0 Å². The van der Waals surface area contributed by atoms with Gasteiger partial charge in [-0.15, -0.1) is 0 Å². The number of piperazine rings is 1. The Bertz CT molecular complexity index is 492. The zero-order chi connectivity index (χ0) is 15.2. The monoisotopic (exact) mass is 294 g/mol. The third-order valence-corrected chi connectivity index (χ3v) is 3.47. The van der Waals surface area contributed by atoms with E-state index in [1.807, 2.05) is 11.8 Å². The highest BCUT2D eigenvalue weighted by Gasteiger charge is 2.24. The maximum atomic E-state index is 12.3. The van der Waals surface area contributed by atoms with Gasteiger partial charge in [-0.05, 0) is 19.1 Å². The first kappa shape index (κ1) is 15.5. The molecule has 7 nitrogen and oxygen atoms in total. The molecule has 2 heterocycles. The van der Waals surface area contributed by atoms with Gasteiger partial charge in [0.05, 0.1) is 13.1 Å². The van der Waals surface area contributed by atoms with E-state index in [4.69, 9.17) is 10.2 Å². The fourth-order valence-corrected chi connectivity index (χ4v) is 2.32. The Morgan fingerprint density at radius 1 is 1.29 bits per heavy atom. The second-order valence-corrected chi connectivity index (χ2v) is 4.99. The van der Waals surface area contributed by atoms with Crippen molar-refractivity contribution in [3.8, 4) is 0 Å². The second kappa shape index (κ2) is 7.24. The molecule has 0 aliphatic carbocycles. The first-order chi connectivity index (χ1) is 10.1. The van der Waals surface area contributed by atoms with Crippen molar-refractivity contribution in [2.75, 3.05) is 39.3 Å². The van der Waals surface area contributed by atoms with Crippen LogP contribution in [-0.2, 0) is 11.3 Å². The predicted octanol–water partition coefficient (Wildman–Crippen LogP) is -0.368. The largest absolute Gasteiger partial charge is 0.455 e. The number of carbonyl (C=O) groups is 2. The predicted molar refractivity (Wildman–Crippen MR) is 77.6 cm³/mol. The summed E-state index contributed by atoms with van der Waals surface area (Å²) in [6.45, 7) is 5.77. The lowest BCUT2D eigenvalue weighted by Crippen LogP contribution is -2.51. The molecule has 1 aliphatic rings. The molecule has 1 aromatic heterocycles. The normalized spacial score (nSPS) is 16.0. The molecular formula is C14H22N4O3. The molecule has 0 bridgehead atoms. The number of nitrogens with zero attached hydrogens (tertiary/aromatic N) is 2. The van der Waals surface area contributed by atoms with E-state index < -0.39 is 0 Å². The summed E-state index contributed by atoms with van der Waals surface area (Å²) in [5.74, 6) is 0.837. The van der Waals surface area contributed by atoms with Crippen molar-refractivity contribution in [3.05, 3.63) is 23.7 Å². The van der Waals surface area contributed by atoms with Crippen molar-refractivity contribution in [1.82, 2.24) is 15.1 Å². The molecule has 0 spiro atoms. The summed E-state index contributed by atoms with van der Waals surface area (Å²) in [5, 5.41) is 2.77. The number of amides is 2. The fraction of sp³-hybridized carbons (Fsp3) is 0.571. The fourth-order valence-electron chi connectivity index (χ4n) is 2.32. The minimum Gasteiger partial charge on any atom is -0.455 e. The van der Waals surface area contributed by atoms with Gasteiger partial charge in [0.1, 0.15) is 5.76 Å². The van der Waals surface area contributed by atoms with Crippen LogP contribution in [0.15, 0.2) is 16.5 Å². The number of carbonyl (C=O) groups excluding carboxylic acids is 2. The van der Waals surface area contributed by atoms with E-state index in [-0.39, 0.29) is 18.4 Å². The molecule has 0 saturated carbocycles. The van der Waals surface area contributed by atoms with Gasteiger partial charge in [0.2, 0.25) is 5.91 Å². The van der Waals surface area contributed by atoms with Gasteiger partial charge in [0.15, 0.2) is 5.76 Å². The lowest BCUT2D eigenvalue weighted by atomic mass is 10.3. The number of rotatable bonds is 5.